The van der Waals surface area contributed by atoms with Crippen molar-refractivity contribution in [3.05, 3.63) is 53.3 Å². The molecule has 0 spiro atoms. The number of amidine groups is 1. The van der Waals surface area contributed by atoms with Crippen LogP contribution in [0.5, 0.6) is 0 Å². The van der Waals surface area contributed by atoms with Gasteiger partial charge in [-0.2, -0.15) is 0 Å². The number of aromatic nitrogens is 1. The third kappa shape index (κ3) is 3.19. The molecule has 0 aliphatic carbocycles. The number of hydrogen-bond donors (Lipinski definition) is 2. The normalized spacial score (nSPS) is 9.47. The molecule has 0 aliphatic heterocycles. The fraction of sp³-hybridized carbons (Fsp3) is 0. The van der Waals surface area contributed by atoms with Crippen molar-refractivity contribution in [2.45, 2.75) is 0 Å². The molecule has 0 saturated carbocycles. The van der Waals surface area contributed by atoms with E-state index in [9.17, 15) is 0 Å². The van der Waals surface area contributed by atoms with Gasteiger partial charge in [-0.15, -0.1) is 12.4 Å². The Bertz CT molecular complexity index is 506. The van der Waals surface area contributed by atoms with E-state index in [0.717, 1.165) is 11.1 Å². The van der Waals surface area contributed by atoms with E-state index in [1.165, 1.54) is 0 Å². The number of rotatable bonds is 2. The van der Waals surface area contributed by atoms with Crippen LogP contribution in [0.15, 0.2) is 42.6 Å². The summed E-state index contributed by atoms with van der Waals surface area (Å²) in [5.74, 6) is -0.0253. The van der Waals surface area contributed by atoms with Crippen molar-refractivity contribution in [2.75, 3.05) is 0 Å². The lowest BCUT2D eigenvalue weighted by Crippen LogP contribution is -2.12. The van der Waals surface area contributed by atoms with Crippen LogP contribution >= 0.6 is 24.0 Å². The number of nitrogens with zero attached hydrogens (tertiary/aromatic N) is 1. The first-order valence-corrected chi connectivity index (χ1v) is 5.11. The quantitative estimate of drug-likeness (QED) is 0.649. The first kappa shape index (κ1) is 13.5. The molecule has 1 heterocycles. The van der Waals surface area contributed by atoms with Gasteiger partial charge in [0, 0.05) is 16.8 Å². The Hall–Kier alpha value is -1.58. The first-order chi connectivity index (χ1) is 7.66. The summed E-state index contributed by atoms with van der Waals surface area (Å²) in [7, 11) is 0. The van der Waals surface area contributed by atoms with Crippen LogP contribution in [0, 0.1) is 5.41 Å². The zero-order valence-corrected chi connectivity index (χ0v) is 10.4. The van der Waals surface area contributed by atoms with Crippen molar-refractivity contribution in [2.24, 2.45) is 5.73 Å². The molecule has 1 aromatic carbocycles. The van der Waals surface area contributed by atoms with Crippen LogP contribution in [0.4, 0.5) is 0 Å². The smallest absolute Gasteiger partial charge is 0.141 e. The summed E-state index contributed by atoms with van der Waals surface area (Å²) in [4.78, 5) is 4.09. The van der Waals surface area contributed by atoms with Gasteiger partial charge in [0.05, 0.1) is 0 Å². The Morgan fingerprint density at radius 2 is 1.65 bits per heavy atom. The molecule has 0 atom stereocenters. The van der Waals surface area contributed by atoms with Crippen molar-refractivity contribution >= 4 is 29.8 Å². The molecule has 0 saturated heterocycles. The predicted octanol–water partition coefficient (Wildman–Crippen LogP) is 3.11. The van der Waals surface area contributed by atoms with E-state index < -0.39 is 0 Å². The molecule has 17 heavy (non-hydrogen) atoms. The van der Waals surface area contributed by atoms with Gasteiger partial charge in [-0.1, -0.05) is 29.8 Å². The van der Waals surface area contributed by atoms with E-state index in [2.05, 4.69) is 4.98 Å². The predicted molar refractivity (Wildman–Crippen MR) is 72.9 cm³/mol. The minimum absolute atomic E-state index is 0. The molecule has 2 aromatic rings. The largest absolute Gasteiger partial charge is 0.382 e. The summed E-state index contributed by atoms with van der Waals surface area (Å²) in [6, 6.07) is 11.1. The molecular formula is C12H11Cl2N3. The first-order valence-electron chi connectivity index (χ1n) is 4.73. The summed E-state index contributed by atoms with van der Waals surface area (Å²) < 4.78 is 0. The second kappa shape index (κ2) is 5.66. The lowest BCUT2D eigenvalue weighted by Gasteiger charge is -2.02. The average Bonchev–Trinajstić information content (AvgIpc) is 2.30. The molecule has 0 fully saturated rings. The molecule has 2 rings (SSSR count). The highest BCUT2D eigenvalue weighted by Crippen LogP contribution is 2.20. The Labute approximate surface area is 111 Å². The van der Waals surface area contributed by atoms with Gasteiger partial charge in [0.1, 0.15) is 11.5 Å². The second-order valence-electron chi connectivity index (χ2n) is 3.35. The SMILES string of the molecule is Cl.N=C(N)c1ccc(-c2ccc(Cl)cc2)cn1. The van der Waals surface area contributed by atoms with Gasteiger partial charge in [-0.3, -0.25) is 10.4 Å². The van der Waals surface area contributed by atoms with Crippen LogP contribution in [0.25, 0.3) is 11.1 Å². The van der Waals surface area contributed by atoms with Crippen LogP contribution in [0.1, 0.15) is 5.69 Å². The van der Waals surface area contributed by atoms with Crippen LogP contribution < -0.4 is 5.73 Å². The molecular weight excluding hydrogens is 257 g/mol. The van der Waals surface area contributed by atoms with E-state index in [-0.39, 0.29) is 18.2 Å². The third-order valence-electron chi connectivity index (χ3n) is 2.22. The standard InChI is InChI=1S/C12H10ClN3.ClH/c13-10-4-1-8(2-5-10)9-3-6-11(12(14)15)16-7-9;/h1-7H,(H3,14,15);1H. The summed E-state index contributed by atoms with van der Waals surface area (Å²) in [6.07, 6.45) is 1.69. The highest BCUT2D eigenvalue weighted by Gasteiger charge is 2.00. The number of benzene rings is 1. The molecule has 88 valence electrons. The molecule has 0 aliphatic rings. The van der Waals surface area contributed by atoms with Gasteiger partial charge >= 0.3 is 0 Å². The number of hydrogen-bond acceptors (Lipinski definition) is 2. The van der Waals surface area contributed by atoms with Gasteiger partial charge in [0.15, 0.2) is 0 Å². The summed E-state index contributed by atoms with van der Waals surface area (Å²) >= 11 is 5.81. The van der Waals surface area contributed by atoms with Gasteiger partial charge in [-0.25, -0.2) is 0 Å². The fourth-order valence-corrected chi connectivity index (χ4v) is 1.49. The summed E-state index contributed by atoms with van der Waals surface area (Å²) in [5.41, 5.74) is 7.82. The number of nitrogens with one attached hydrogen (secondary N) is 1. The van der Waals surface area contributed by atoms with Crippen LogP contribution in [0.2, 0.25) is 5.02 Å². The van der Waals surface area contributed by atoms with Crippen molar-refractivity contribution in [3.63, 3.8) is 0 Å². The summed E-state index contributed by atoms with van der Waals surface area (Å²) in [6.45, 7) is 0. The number of nitrogen functional groups attached to an aromatic ring is 1. The summed E-state index contributed by atoms with van der Waals surface area (Å²) in [5, 5.41) is 7.94. The second-order valence-corrected chi connectivity index (χ2v) is 3.79. The molecule has 3 N–H and O–H groups in total. The molecule has 3 nitrogen and oxygen atoms in total. The minimum atomic E-state index is -0.0253. The van der Waals surface area contributed by atoms with E-state index in [1.807, 2.05) is 30.3 Å². The Balaban J connectivity index is 0.00000144. The van der Waals surface area contributed by atoms with Crippen LogP contribution in [0.3, 0.4) is 0 Å². The topological polar surface area (TPSA) is 62.8 Å². The highest BCUT2D eigenvalue weighted by atomic mass is 35.5. The van der Waals surface area contributed by atoms with Crippen molar-refractivity contribution in [3.8, 4) is 11.1 Å². The van der Waals surface area contributed by atoms with Crippen molar-refractivity contribution < 1.29 is 0 Å². The molecule has 0 amide bonds. The lowest BCUT2D eigenvalue weighted by atomic mass is 10.1. The van der Waals surface area contributed by atoms with E-state index in [0.29, 0.717) is 10.7 Å². The lowest BCUT2D eigenvalue weighted by molar-refractivity contribution is 1.26. The van der Waals surface area contributed by atoms with Crippen LogP contribution in [-0.2, 0) is 0 Å². The van der Waals surface area contributed by atoms with E-state index in [4.69, 9.17) is 22.7 Å². The molecule has 5 heteroatoms. The van der Waals surface area contributed by atoms with Crippen molar-refractivity contribution in [1.82, 2.24) is 4.98 Å². The zero-order valence-electron chi connectivity index (χ0n) is 8.85. The monoisotopic (exact) mass is 267 g/mol. The maximum Gasteiger partial charge on any atom is 0.141 e. The van der Waals surface area contributed by atoms with Gasteiger partial charge < -0.3 is 5.73 Å². The van der Waals surface area contributed by atoms with Gasteiger partial charge in [-0.05, 0) is 23.8 Å². The molecule has 0 bridgehead atoms. The van der Waals surface area contributed by atoms with Crippen LogP contribution in [-0.4, -0.2) is 10.8 Å². The maximum atomic E-state index is 7.24. The van der Waals surface area contributed by atoms with Gasteiger partial charge in [0.25, 0.3) is 0 Å². The van der Waals surface area contributed by atoms with Gasteiger partial charge in [0.2, 0.25) is 0 Å². The fourth-order valence-electron chi connectivity index (χ4n) is 1.37. The Kier molecular flexibility index (Phi) is 4.49. The Morgan fingerprint density at radius 1 is 1.06 bits per heavy atom. The molecule has 1 aromatic heterocycles. The zero-order chi connectivity index (χ0) is 11.5. The minimum Gasteiger partial charge on any atom is -0.382 e. The third-order valence-corrected chi connectivity index (χ3v) is 2.47. The average molecular weight is 268 g/mol. The Morgan fingerprint density at radius 3 is 2.12 bits per heavy atom. The molecule has 0 radical (unpaired) electrons. The maximum absolute atomic E-state index is 7.24. The number of nitrogens with two attached hydrogens (primary N) is 1. The number of pyridine rings is 1. The molecule has 0 unspecified atom stereocenters. The highest BCUT2D eigenvalue weighted by molar-refractivity contribution is 6.30. The number of halogens is 2. The van der Waals surface area contributed by atoms with E-state index >= 15 is 0 Å². The van der Waals surface area contributed by atoms with Crippen molar-refractivity contribution in [1.29, 1.82) is 5.41 Å². The van der Waals surface area contributed by atoms with E-state index in [1.54, 1.807) is 12.3 Å².